The summed E-state index contributed by atoms with van der Waals surface area (Å²) < 4.78 is 22.9. The lowest BCUT2D eigenvalue weighted by Crippen LogP contribution is -2.42. The van der Waals surface area contributed by atoms with Gasteiger partial charge >= 0.3 is 5.97 Å². The van der Waals surface area contributed by atoms with Crippen LogP contribution in [0.4, 0.5) is 10.1 Å². The second kappa shape index (κ2) is 8.32. The van der Waals surface area contributed by atoms with Crippen LogP contribution >= 0.6 is 0 Å². The monoisotopic (exact) mass is 467 g/mol. The summed E-state index contributed by atoms with van der Waals surface area (Å²) in [7, 11) is 3.51. The average molecular weight is 467 g/mol. The molecule has 2 N–H and O–H groups in total. The Morgan fingerprint density at radius 3 is 2.59 bits per heavy atom. The predicted octanol–water partition coefficient (Wildman–Crippen LogP) is 3.07. The molecule has 178 valence electrons. The van der Waals surface area contributed by atoms with Gasteiger partial charge in [0, 0.05) is 31.0 Å². The SMILES string of the molecule is COc1c(N2CC3CCCN(C)C3C2)c(F)cc2c(=O)c(C(=O)O)cn(-c3ccc(O)cc3)c12. The molecule has 1 aromatic heterocycles. The van der Waals surface area contributed by atoms with Crippen molar-refractivity contribution in [3.63, 3.8) is 0 Å². The van der Waals surface area contributed by atoms with E-state index in [9.17, 15) is 19.8 Å². The van der Waals surface area contributed by atoms with E-state index in [0.717, 1.165) is 25.5 Å². The van der Waals surface area contributed by atoms with E-state index in [1.807, 2.05) is 4.90 Å². The third-order valence-corrected chi connectivity index (χ3v) is 7.11. The van der Waals surface area contributed by atoms with Crippen molar-refractivity contribution in [3.05, 3.63) is 58.1 Å². The highest BCUT2D eigenvalue weighted by molar-refractivity contribution is 5.97. The fourth-order valence-electron chi connectivity index (χ4n) is 5.46. The number of ether oxygens (including phenoxy) is 1. The van der Waals surface area contributed by atoms with Crippen molar-refractivity contribution in [3.8, 4) is 17.2 Å². The molecule has 2 aliphatic rings. The first-order valence-corrected chi connectivity index (χ1v) is 11.2. The number of aromatic nitrogens is 1. The second-order valence-electron chi connectivity index (χ2n) is 9.06. The summed E-state index contributed by atoms with van der Waals surface area (Å²) >= 11 is 0. The first-order valence-electron chi connectivity index (χ1n) is 11.2. The van der Waals surface area contributed by atoms with Crippen molar-refractivity contribution in [1.29, 1.82) is 0 Å². The zero-order chi connectivity index (χ0) is 24.1. The third kappa shape index (κ3) is 3.47. The molecule has 2 saturated heterocycles. The van der Waals surface area contributed by atoms with Crippen molar-refractivity contribution in [2.45, 2.75) is 18.9 Å². The van der Waals surface area contributed by atoms with Crippen LogP contribution in [0.25, 0.3) is 16.6 Å². The van der Waals surface area contributed by atoms with Crippen molar-refractivity contribution in [1.82, 2.24) is 9.47 Å². The van der Waals surface area contributed by atoms with E-state index < -0.39 is 22.8 Å². The standard InChI is InChI=1S/C25H26FN3O5/c1-27-9-3-4-14-11-28(13-20(14)27)22-19(26)10-17-21(24(22)34-2)29(12-18(23(17)31)25(32)33)15-5-7-16(30)8-6-15/h5-8,10,12,14,20,30H,3-4,9,11,13H2,1-2H3,(H,32,33). The van der Waals surface area contributed by atoms with Crippen molar-refractivity contribution in [2.24, 2.45) is 5.92 Å². The molecule has 0 aliphatic carbocycles. The number of rotatable bonds is 4. The number of pyridine rings is 1. The van der Waals surface area contributed by atoms with Crippen molar-refractivity contribution in [2.75, 3.05) is 38.7 Å². The second-order valence-corrected chi connectivity index (χ2v) is 9.06. The lowest BCUT2D eigenvalue weighted by Gasteiger charge is -2.33. The Kier molecular flexibility index (Phi) is 5.44. The van der Waals surface area contributed by atoms with Gasteiger partial charge in [-0.25, -0.2) is 9.18 Å². The smallest absolute Gasteiger partial charge is 0.341 e. The van der Waals surface area contributed by atoms with E-state index in [4.69, 9.17) is 4.74 Å². The number of aromatic hydroxyl groups is 1. The minimum atomic E-state index is -1.41. The maximum absolute atomic E-state index is 15.6. The highest BCUT2D eigenvalue weighted by Gasteiger charge is 2.39. The lowest BCUT2D eigenvalue weighted by molar-refractivity contribution is 0.0695. The van der Waals surface area contributed by atoms with Crippen molar-refractivity contribution < 1.29 is 24.1 Å². The van der Waals surface area contributed by atoms with E-state index in [2.05, 4.69) is 11.9 Å². The van der Waals surface area contributed by atoms with Crippen molar-refractivity contribution >= 4 is 22.6 Å². The number of likely N-dealkylation sites (N-methyl/N-ethyl adjacent to an activating group) is 1. The van der Waals surface area contributed by atoms with Gasteiger partial charge in [0.05, 0.1) is 12.5 Å². The van der Waals surface area contributed by atoms with Crippen LogP contribution in [0.5, 0.6) is 11.5 Å². The number of methoxy groups -OCH3 is 1. The maximum Gasteiger partial charge on any atom is 0.341 e. The maximum atomic E-state index is 15.6. The molecular formula is C25H26FN3O5. The number of aromatic carboxylic acids is 1. The van der Waals surface area contributed by atoms with Crippen LogP contribution in [-0.4, -0.2) is 65.5 Å². The molecule has 0 amide bonds. The summed E-state index contributed by atoms with van der Waals surface area (Å²) in [5.74, 6) is -1.40. The number of nitrogens with zero attached hydrogens (tertiary/aromatic N) is 3. The minimum absolute atomic E-state index is 0.0371. The van der Waals surface area contributed by atoms with Crippen LogP contribution in [0.2, 0.25) is 0 Å². The van der Waals surface area contributed by atoms with Crippen LogP contribution in [0.1, 0.15) is 23.2 Å². The molecule has 3 heterocycles. The zero-order valence-corrected chi connectivity index (χ0v) is 19.0. The predicted molar refractivity (Wildman–Crippen MR) is 126 cm³/mol. The van der Waals surface area contributed by atoms with E-state index in [1.54, 1.807) is 12.1 Å². The summed E-state index contributed by atoms with van der Waals surface area (Å²) in [4.78, 5) is 29.1. The first kappa shape index (κ1) is 22.2. The van der Waals surface area contributed by atoms with Gasteiger partial charge in [0.1, 0.15) is 22.5 Å². The van der Waals surface area contributed by atoms with Gasteiger partial charge in [0.25, 0.3) is 0 Å². The molecule has 2 unspecified atom stereocenters. The topological polar surface area (TPSA) is 95.2 Å². The average Bonchev–Trinajstić information content (AvgIpc) is 3.24. The van der Waals surface area contributed by atoms with E-state index in [1.165, 1.54) is 30.0 Å². The van der Waals surface area contributed by atoms with Crippen LogP contribution in [-0.2, 0) is 0 Å². The molecular weight excluding hydrogens is 441 g/mol. The number of benzene rings is 2. The van der Waals surface area contributed by atoms with Gasteiger partial charge < -0.3 is 29.3 Å². The number of hydrogen-bond donors (Lipinski definition) is 2. The fraction of sp³-hybridized carbons (Fsp3) is 0.360. The van der Waals surface area contributed by atoms with E-state index >= 15 is 4.39 Å². The normalized spacial score (nSPS) is 20.5. The number of piperidine rings is 1. The summed E-state index contributed by atoms with van der Waals surface area (Å²) in [5.41, 5.74) is -0.216. The van der Waals surface area contributed by atoms with Crippen LogP contribution in [0.3, 0.4) is 0 Å². The van der Waals surface area contributed by atoms with Crippen LogP contribution in [0.15, 0.2) is 41.3 Å². The van der Waals surface area contributed by atoms with Crippen LogP contribution < -0.4 is 15.1 Å². The Labute approximate surface area is 195 Å². The van der Waals surface area contributed by atoms with Gasteiger partial charge in [0.15, 0.2) is 11.6 Å². The largest absolute Gasteiger partial charge is 0.508 e. The molecule has 0 radical (unpaired) electrons. The summed E-state index contributed by atoms with van der Waals surface area (Å²) in [6.45, 7) is 2.31. The summed E-state index contributed by atoms with van der Waals surface area (Å²) in [5, 5.41) is 19.2. The number of anilines is 1. The number of carbonyl (C=O) groups is 1. The number of phenolic OH excluding ortho intramolecular Hbond substituents is 1. The Bertz CT molecular complexity index is 1340. The molecule has 0 saturated carbocycles. The number of phenols is 1. The number of likely N-dealkylation sites (tertiary alicyclic amines) is 1. The minimum Gasteiger partial charge on any atom is -0.508 e. The molecule has 34 heavy (non-hydrogen) atoms. The zero-order valence-electron chi connectivity index (χ0n) is 19.0. The summed E-state index contributed by atoms with van der Waals surface area (Å²) in [6.07, 6.45) is 3.39. The highest BCUT2D eigenvalue weighted by atomic mass is 19.1. The van der Waals surface area contributed by atoms with Gasteiger partial charge in [-0.15, -0.1) is 0 Å². The van der Waals surface area contributed by atoms with Gasteiger partial charge in [-0.1, -0.05) is 0 Å². The van der Waals surface area contributed by atoms with Crippen LogP contribution in [0, 0.1) is 11.7 Å². The Balaban J connectivity index is 1.78. The molecule has 2 aliphatic heterocycles. The molecule has 2 atom stereocenters. The highest BCUT2D eigenvalue weighted by Crippen LogP contribution is 2.42. The number of fused-ring (bicyclic) bond motifs is 2. The van der Waals surface area contributed by atoms with Gasteiger partial charge in [-0.3, -0.25) is 4.79 Å². The number of halogens is 1. The fourth-order valence-corrected chi connectivity index (χ4v) is 5.46. The Hall–Kier alpha value is -3.59. The third-order valence-electron chi connectivity index (χ3n) is 7.11. The molecule has 5 rings (SSSR count). The molecule has 2 fully saturated rings. The molecule has 9 heteroatoms. The Morgan fingerprint density at radius 1 is 1.21 bits per heavy atom. The van der Waals surface area contributed by atoms with Gasteiger partial charge in [-0.05, 0) is 62.7 Å². The summed E-state index contributed by atoms with van der Waals surface area (Å²) in [6, 6.07) is 7.52. The number of carboxylic acid groups (broad SMARTS) is 1. The lowest BCUT2D eigenvalue weighted by atomic mass is 9.93. The molecule has 0 bridgehead atoms. The van der Waals surface area contributed by atoms with E-state index in [-0.39, 0.29) is 28.1 Å². The van der Waals surface area contributed by atoms with Gasteiger partial charge in [0.2, 0.25) is 5.43 Å². The molecule has 3 aromatic rings. The Morgan fingerprint density at radius 2 is 1.94 bits per heavy atom. The quantitative estimate of drug-likeness (QED) is 0.609. The number of carboxylic acids is 1. The number of hydrogen-bond acceptors (Lipinski definition) is 6. The molecule has 8 nitrogen and oxygen atoms in total. The van der Waals surface area contributed by atoms with E-state index in [0.29, 0.717) is 30.7 Å². The molecule has 0 spiro atoms. The molecule has 2 aromatic carbocycles. The van der Waals surface area contributed by atoms with Gasteiger partial charge in [-0.2, -0.15) is 0 Å². The first-order chi connectivity index (χ1) is 16.3.